The topological polar surface area (TPSA) is 103 Å². The SMILES string of the molecule is Cc1ccc(-c2noc(COC(=O)C3CCN(S(=O)(=O)c4ccc(C)cc4)CC3)n2)cc1. The van der Waals surface area contributed by atoms with Gasteiger partial charge in [-0.05, 0) is 38.8 Å². The number of sulfonamides is 1. The molecule has 0 spiro atoms. The van der Waals surface area contributed by atoms with E-state index in [1.54, 1.807) is 24.3 Å². The Hall–Kier alpha value is -3.04. The van der Waals surface area contributed by atoms with Crippen molar-refractivity contribution in [3.8, 4) is 11.4 Å². The van der Waals surface area contributed by atoms with Gasteiger partial charge in [-0.1, -0.05) is 52.7 Å². The summed E-state index contributed by atoms with van der Waals surface area (Å²) in [6, 6.07) is 14.5. The average Bonchev–Trinajstić information content (AvgIpc) is 3.27. The summed E-state index contributed by atoms with van der Waals surface area (Å²) in [5, 5.41) is 3.93. The molecule has 1 aromatic heterocycles. The summed E-state index contributed by atoms with van der Waals surface area (Å²) in [5.41, 5.74) is 2.95. The molecule has 2 heterocycles. The smallest absolute Gasteiger partial charge is 0.309 e. The van der Waals surface area contributed by atoms with Gasteiger partial charge in [-0.25, -0.2) is 8.42 Å². The fraction of sp³-hybridized carbons (Fsp3) is 0.348. The maximum atomic E-state index is 12.8. The molecule has 0 unspecified atom stereocenters. The second kappa shape index (κ2) is 9.22. The predicted octanol–water partition coefficient (Wildman–Crippen LogP) is 3.50. The van der Waals surface area contributed by atoms with Crippen LogP contribution in [0, 0.1) is 19.8 Å². The molecule has 0 bridgehead atoms. The first-order valence-electron chi connectivity index (χ1n) is 10.5. The lowest BCUT2D eigenvalue weighted by atomic mass is 9.98. The molecule has 3 aromatic rings. The van der Waals surface area contributed by atoms with Crippen LogP contribution in [-0.2, 0) is 26.2 Å². The van der Waals surface area contributed by atoms with Gasteiger partial charge in [0.2, 0.25) is 15.8 Å². The van der Waals surface area contributed by atoms with E-state index in [1.807, 2.05) is 38.1 Å². The van der Waals surface area contributed by atoms with Crippen LogP contribution in [0.25, 0.3) is 11.4 Å². The van der Waals surface area contributed by atoms with Gasteiger partial charge < -0.3 is 9.26 Å². The third kappa shape index (κ3) is 4.89. The Morgan fingerprint density at radius 3 is 2.25 bits per heavy atom. The molecule has 1 fully saturated rings. The molecule has 8 nitrogen and oxygen atoms in total. The van der Waals surface area contributed by atoms with Crippen LogP contribution in [-0.4, -0.2) is 41.9 Å². The standard InChI is InChI=1S/C23H25N3O5S/c1-16-3-7-18(8-4-16)22-24-21(31-25-22)15-30-23(27)19-11-13-26(14-12-19)32(28,29)20-9-5-17(2)6-10-20/h3-10,19H,11-15H2,1-2H3. The highest BCUT2D eigenvalue weighted by atomic mass is 32.2. The van der Waals surface area contributed by atoms with Crippen LogP contribution in [0.5, 0.6) is 0 Å². The molecule has 0 saturated carbocycles. The van der Waals surface area contributed by atoms with Crippen molar-refractivity contribution in [2.75, 3.05) is 13.1 Å². The van der Waals surface area contributed by atoms with Gasteiger partial charge in [0.15, 0.2) is 6.61 Å². The molecule has 32 heavy (non-hydrogen) atoms. The van der Waals surface area contributed by atoms with Crippen molar-refractivity contribution < 1.29 is 22.5 Å². The molecule has 0 radical (unpaired) electrons. The Morgan fingerprint density at radius 2 is 1.62 bits per heavy atom. The van der Waals surface area contributed by atoms with Crippen molar-refractivity contribution in [3.63, 3.8) is 0 Å². The number of aryl methyl sites for hydroxylation is 2. The Balaban J connectivity index is 1.29. The van der Waals surface area contributed by atoms with Crippen molar-refractivity contribution in [1.82, 2.24) is 14.4 Å². The molecular weight excluding hydrogens is 430 g/mol. The zero-order valence-electron chi connectivity index (χ0n) is 18.0. The minimum atomic E-state index is -3.56. The number of rotatable bonds is 6. The highest BCUT2D eigenvalue weighted by Gasteiger charge is 2.33. The van der Waals surface area contributed by atoms with Gasteiger partial charge in [-0.3, -0.25) is 4.79 Å². The molecule has 0 N–H and O–H groups in total. The first-order valence-corrected chi connectivity index (χ1v) is 11.9. The molecule has 1 aliphatic rings. The zero-order chi connectivity index (χ0) is 22.7. The number of piperidine rings is 1. The van der Waals surface area contributed by atoms with Crippen molar-refractivity contribution in [2.24, 2.45) is 5.92 Å². The van der Waals surface area contributed by atoms with E-state index in [4.69, 9.17) is 9.26 Å². The quantitative estimate of drug-likeness (QED) is 0.524. The lowest BCUT2D eigenvalue weighted by Crippen LogP contribution is -2.40. The minimum Gasteiger partial charge on any atom is -0.455 e. The van der Waals surface area contributed by atoms with Crippen molar-refractivity contribution in [1.29, 1.82) is 0 Å². The summed E-state index contributed by atoms with van der Waals surface area (Å²) >= 11 is 0. The predicted molar refractivity (Wildman–Crippen MR) is 117 cm³/mol. The van der Waals surface area contributed by atoms with Crippen LogP contribution in [0.15, 0.2) is 57.9 Å². The highest BCUT2D eigenvalue weighted by molar-refractivity contribution is 7.89. The van der Waals surface area contributed by atoms with Gasteiger partial charge in [0.1, 0.15) is 0 Å². The molecule has 4 rings (SSSR count). The van der Waals surface area contributed by atoms with Crippen molar-refractivity contribution in [2.45, 2.75) is 38.2 Å². The number of hydrogen-bond donors (Lipinski definition) is 0. The van der Waals surface area contributed by atoms with Gasteiger partial charge in [0.25, 0.3) is 5.89 Å². The van der Waals surface area contributed by atoms with Crippen molar-refractivity contribution in [3.05, 3.63) is 65.5 Å². The molecular formula is C23H25N3O5S. The molecule has 168 valence electrons. The van der Waals surface area contributed by atoms with Crippen LogP contribution < -0.4 is 0 Å². The summed E-state index contributed by atoms with van der Waals surface area (Å²) in [7, 11) is -3.56. The average molecular weight is 456 g/mol. The number of carbonyl (C=O) groups is 1. The molecule has 2 aromatic carbocycles. The lowest BCUT2D eigenvalue weighted by molar-refractivity contribution is -0.152. The van der Waals surface area contributed by atoms with Gasteiger partial charge in [-0.2, -0.15) is 9.29 Å². The Morgan fingerprint density at radius 1 is 1.03 bits per heavy atom. The second-order valence-corrected chi connectivity index (χ2v) is 9.91. The Bertz CT molecular complexity index is 1180. The third-order valence-electron chi connectivity index (χ3n) is 5.56. The van der Waals surface area contributed by atoms with E-state index >= 15 is 0 Å². The van der Waals surface area contributed by atoms with Gasteiger partial charge in [0.05, 0.1) is 10.8 Å². The monoisotopic (exact) mass is 455 g/mol. The molecule has 0 amide bonds. The molecule has 0 aliphatic carbocycles. The third-order valence-corrected chi connectivity index (χ3v) is 7.47. The van der Waals surface area contributed by atoms with E-state index in [0.29, 0.717) is 18.7 Å². The summed E-state index contributed by atoms with van der Waals surface area (Å²) in [6.45, 7) is 4.33. The number of carbonyl (C=O) groups excluding carboxylic acids is 1. The van der Waals surface area contributed by atoms with E-state index in [1.165, 1.54) is 4.31 Å². The molecule has 9 heteroatoms. The lowest BCUT2D eigenvalue weighted by Gasteiger charge is -2.30. The maximum Gasteiger partial charge on any atom is 0.309 e. The molecule has 1 saturated heterocycles. The van der Waals surface area contributed by atoms with Gasteiger partial charge in [0, 0.05) is 18.7 Å². The first kappa shape index (κ1) is 22.2. The van der Waals surface area contributed by atoms with Gasteiger partial charge >= 0.3 is 5.97 Å². The van der Waals surface area contributed by atoms with Crippen LogP contribution in [0.4, 0.5) is 0 Å². The normalized spacial score (nSPS) is 15.6. The number of hydrogen-bond acceptors (Lipinski definition) is 7. The second-order valence-electron chi connectivity index (χ2n) is 7.98. The van der Waals surface area contributed by atoms with Crippen molar-refractivity contribution >= 4 is 16.0 Å². The number of ether oxygens (including phenoxy) is 1. The number of benzene rings is 2. The van der Waals surface area contributed by atoms with E-state index in [9.17, 15) is 13.2 Å². The Kier molecular flexibility index (Phi) is 6.38. The van der Waals surface area contributed by atoms with E-state index < -0.39 is 10.0 Å². The van der Waals surface area contributed by atoms with Crippen LogP contribution in [0.2, 0.25) is 0 Å². The van der Waals surface area contributed by atoms with E-state index in [-0.39, 0.29) is 42.4 Å². The summed E-state index contributed by atoms with van der Waals surface area (Å²) < 4.78 is 37.6. The molecule has 1 aliphatic heterocycles. The van der Waals surface area contributed by atoms with Crippen LogP contribution in [0.1, 0.15) is 29.9 Å². The minimum absolute atomic E-state index is 0.112. The van der Waals surface area contributed by atoms with E-state index in [2.05, 4.69) is 10.1 Å². The highest BCUT2D eigenvalue weighted by Crippen LogP contribution is 2.25. The number of esters is 1. The number of nitrogens with zero attached hydrogens (tertiary/aromatic N) is 3. The molecule has 0 atom stereocenters. The van der Waals surface area contributed by atoms with Gasteiger partial charge in [-0.15, -0.1) is 0 Å². The van der Waals surface area contributed by atoms with Crippen LogP contribution >= 0.6 is 0 Å². The first-order chi connectivity index (χ1) is 15.3. The van der Waals surface area contributed by atoms with Crippen LogP contribution in [0.3, 0.4) is 0 Å². The fourth-order valence-corrected chi connectivity index (χ4v) is 5.04. The largest absolute Gasteiger partial charge is 0.455 e. The Labute approximate surface area is 187 Å². The zero-order valence-corrected chi connectivity index (χ0v) is 18.8. The van der Waals surface area contributed by atoms with E-state index in [0.717, 1.165) is 16.7 Å². The fourth-order valence-electron chi connectivity index (χ4n) is 3.58. The summed E-state index contributed by atoms with van der Waals surface area (Å²) in [5.74, 6) is -0.0922. The summed E-state index contributed by atoms with van der Waals surface area (Å²) in [4.78, 5) is 17.0. The maximum absolute atomic E-state index is 12.8. The summed E-state index contributed by atoms with van der Waals surface area (Å²) in [6.07, 6.45) is 0.810. The number of aromatic nitrogens is 2.